The Morgan fingerprint density at radius 1 is 1.20 bits per heavy atom. The fourth-order valence-electron chi connectivity index (χ4n) is 3.44. The molecule has 0 unspecified atom stereocenters. The zero-order chi connectivity index (χ0) is 21.4. The molecule has 1 N–H and O–H groups in total. The van der Waals surface area contributed by atoms with Crippen LogP contribution in [0.25, 0.3) is 28.6 Å². The van der Waals surface area contributed by atoms with Crippen LogP contribution in [0.15, 0.2) is 28.7 Å². The van der Waals surface area contributed by atoms with Crippen LogP contribution in [0.2, 0.25) is 0 Å². The normalized spacial score (nSPS) is 11.5. The number of H-pyrrole nitrogens is 1. The monoisotopic (exact) mass is 398 g/mol. The molecular weight excluding hydrogens is 380 g/mol. The maximum Gasteiger partial charge on any atom is 0.243 e. The number of aryl methyl sites for hydroxylation is 2. The van der Waals surface area contributed by atoms with Crippen molar-refractivity contribution in [3.63, 3.8) is 0 Å². The van der Waals surface area contributed by atoms with Gasteiger partial charge >= 0.3 is 0 Å². The van der Waals surface area contributed by atoms with Gasteiger partial charge in [0.15, 0.2) is 5.89 Å². The molecule has 0 fully saturated rings. The minimum Gasteiger partial charge on any atom is -0.497 e. The number of ether oxygens (including phenoxy) is 1. The van der Waals surface area contributed by atoms with Gasteiger partial charge in [-0.25, -0.2) is 9.97 Å². The summed E-state index contributed by atoms with van der Waals surface area (Å²) in [5, 5.41) is 19.1. The van der Waals surface area contributed by atoms with Gasteiger partial charge in [0.2, 0.25) is 11.6 Å². The molecule has 0 saturated carbocycles. The van der Waals surface area contributed by atoms with Gasteiger partial charge in [0.1, 0.15) is 23.7 Å². The highest BCUT2D eigenvalue weighted by molar-refractivity contribution is 5.91. The molecule has 0 aliphatic rings. The number of nitrogens with zero attached hydrogens (tertiary/aromatic N) is 5. The van der Waals surface area contributed by atoms with Gasteiger partial charge in [0, 0.05) is 24.4 Å². The van der Waals surface area contributed by atoms with Crippen LogP contribution in [0, 0.1) is 43.4 Å². The zero-order valence-electron chi connectivity index (χ0n) is 16.9. The van der Waals surface area contributed by atoms with Crippen molar-refractivity contribution in [1.82, 2.24) is 19.5 Å². The molecule has 0 atom stereocenters. The molecule has 0 aliphatic carbocycles. The molecule has 3 aromatic heterocycles. The van der Waals surface area contributed by atoms with Crippen molar-refractivity contribution in [3.05, 3.63) is 58.6 Å². The molecule has 148 valence electrons. The van der Waals surface area contributed by atoms with E-state index in [0.717, 1.165) is 22.5 Å². The second-order valence-electron chi connectivity index (χ2n) is 6.80. The van der Waals surface area contributed by atoms with Crippen molar-refractivity contribution in [3.8, 4) is 23.8 Å². The molecule has 3 heterocycles. The standard InChI is InChI=1S/C22H18N6O2/c1-12-7-15(13(2)28(12)22-20(11-24)25-14(3)30-22)8-16(10-23)21-26-18-6-5-17(29-4)9-19(18)27-21/h5-9H,1-4H3,(H,26,27). The van der Waals surface area contributed by atoms with Crippen LogP contribution in [-0.4, -0.2) is 26.6 Å². The van der Waals surface area contributed by atoms with Gasteiger partial charge in [0.25, 0.3) is 0 Å². The number of oxazole rings is 1. The summed E-state index contributed by atoms with van der Waals surface area (Å²) in [6, 6.07) is 11.7. The summed E-state index contributed by atoms with van der Waals surface area (Å²) in [7, 11) is 1.60. The summed E-state index contributed by atoms with van der Waals surface area (Å²) in [6.45, 7) is 5.50. The van der Waals surface area contributed by atoms with E-state index in [1.54, 1.807) is 20.1 Å². The molecule has 0 spiro atoms. The van der Waals surface area contributed by atoms with Gasteiger partial charge < -0.3 is 14.1 Å². The minimum atomic E-state index is 0.219. The zero-order valence-corrected chi connectivity index (χ0v) is 16.9. The number of nitrogens with one attached hydrogen (secondary N) is 1. The predicted molar refractivity (Wildman–Crippen MR) is 111 cm³/mol. The van der Waals surface area contributed by atoms with E-state index in [2.05, 4.69) is 27.1 Å². The Balaban J connectivity index is 1.81. The third-order valence-electron chi connectivity index (χ3n) is 4.86. The molecule has 8 heteroatoms. The molecule has 1 aromatic carbocycles. The van der Waals surface area contributed by atoms with E-state index >= 15 is 0 Å². The maximum absolute atomic E-state index is 9.75. The number of aromatic nitrogens is 4. The third-order valence-corrected chi connectivity index (χ3v) is 4.86. The molecule has 0 radical (unpaired) electrons. The maximum atomic E-state index is 9.75. The molecule has 4 rings (SSSR count). The van der Waals surface area contributed by atoms with Crippen molar-refractivity contribution in [2.45, 2.75) is 20.8 Å². The number of rotatable bonds is 4. The average Bonchev–Trinajstić information content (AvgIpc) is 3.40. The summed E-state index contributed by atoms with van der Waals surface area (Å²) in [4.78, 5) is 11.8. The van der Waals surface area contributed by atoms with E-state index in [-0.39, 0.29) is 5.69 Å². The largest absolute Gasteiger partial charge is 0.497 e. The average molecular weight is 398 g/mol. The Morgan fingerprint density at radius 2 is 2.00 bits per heavy atom. The number of allylic oxidation sites excluding steroid dienone is 1. The SMILES string of the molecule is COc1ccc2[nH]c(C(C#N)=Cc3cc(C)n(-c4oc(C)nc4C#N)c3C)nc2c1. The number of aromatic amines is 1. The second-order valence-corrected chi connectivity index (χ2v) is 6.80. The van der Waals surface area contributed by atoms with E-state index in [1.165, 1.54) is 0 Å². The van der Waals surface area contributed by atoms with Gasteiger partial charge in [-0.2, -0.15) is 10.5 Å². The summed E-state index contributed by atoms with van der Waals surface area (Å²) >= 11 is 0. The molecule has 0 amide bonds. The first kappa shape index (κ1) is 19.0. The minimum absolute atomic E-state index is 0.219. The lowest BCUT2D eigenvalue weighted by molar-refractivity contribution is 0.415. The van der Waals surface area contributed by atoms with E-state index in [9.17, 15) is 10.5 Å². The van der Waals surface area contributed by atoms with Crippen molar-refractivity contribution in [2.24, 2.45) is 0 Å². The summed E-state index contributed by atoms with van der Waals surface area (Å²) < 4.78 is 12.7. The smallest absolute Gasteiger partial charge is 0.243 e. The first-order chi connectivity index (χ1) is 14.4. The first-order valence-corrected chi connectivity index (χ1v) is 9.18. The lowest BCUT2D eigenvalue weighted by Crippen LogP contribution is -2.00. The van der Waals surface area contributed by atoms with Gasteiger partial charge in [0.05, 0.1) is 23.7 Å². The molecule has 0 aliphatic heterocycles. The molecule has 4 aromatic rings. The Morgan fingerprint density at radius 3 is 2.70 bits per heavy atom. The third kappa shape index (κ3) is 3.11. The fourth-order valence-corrected chi connectivity index (χ4v) is 3.44. The highest BCUT2D eigenvalue weighted by Crippen LogP contribution is 2.28. The van der Waals surface area contributed by atoms with Crippen LogP contribution in [0.4, 0.5) is 0 Å². The Kier molecular flexibility index (Phi) is 4.61. The molecule has 8 nitrogen and oxygen atoms in total. The van der Waals surface area contributed by atoms with Gasteiger partial charge in [-0.05, 0) is 43.7 Å². The fraction of sp³-hybridized carbons (Fsp3) is 0.182. The molecule has 0 bridgehead atoms. The number of nitriles is 2. The number of hydrogen-bond donors (Lipinski definition) is 1. The van der Waals surface area contributed by atoms with Gasteiger partial charge in [-0.1, -0.05) is 0 Å². The van der Waals surface area contributed by atoms with Gasteiger partial charge in [-0.15, -0.1) is 0 Å². The van der Waals surface area contributed by atoms with E-state index < -0.39 is 0 Å². The Labute approximate surface area is 172 Å². The van der Waals surface area contributed by atoms with Crippen LogP contribution in [0.1, 0.15) is 34.4 Å². The number of benzene rings is 1. The lowest BCUT2D eigenvalue weighted by atomic mass is 10.1. The second kappa shape index (κ2) is 7.26. The quantitative estimate of drug-likeness (QED) is 0.515. The van der Waals surface area contributed by atoms with E-state index in [4.69, 9.17) is 9.15 Å². The summed E-state index contributed by atoms with van der Waals surface area (Å²) in [5.74, 6) is 1.96. The first-order valence-electron chi connectivity index (χ1n) is 9.18. The highest BCUT2D eigenvalue weighted by Gasteiger charge is 2.19. The molecule has 30 heavy (non-hydrogen) atoms. The number of methoxy groups -OCH3 is 1. The van der Waals surface area contributed by atoms with Crippen molar-refractivity contribution >= 4 is 22.7 Å². The van der Waals surface area contributed by atoms with E-state index in [0.29, 0.717) is 34.4 Å². The van der Waals surface area contributed by atoms with Crippen LogP contribution in [0.5, 0.6) is 5.75 Å². The Hall–Kier alpha value is -4.30. The van der Waals surface area contributed by atoms with Crippen LogP contribution in [-0.2, 0) is 0 Å². The van der Waals surface area contributed by atoms with Crippen LogP contribution >= 0.6 is 0 Å². The number of imidazole rings is 1. The molecule has 0 saturated heterocycles. The van der Waals surface area contributed by atoms with Crippen LogP contribution < -0.4 is 4.74 Å². The van der Waals surface area contributed by atoms with E-state index in [1.807, 2.05) is 42.7 Å². The van der Waals surface area contributed by atoms with Crippen molar-refractivity contribution < 1.29 is 9.15 Å². The Bertz CT molecular complexity index is 1390. The summed E-state index contributed by atoms with van der Waals surface area (Å²) in [6.07, 6.45) is 1.77. The van der Waals surface area contributed by atoms with Crippen LogP contribution in [0.3, 0.4) is 0 Å². The number of hydrogen-bond acceptors (Lipinski definition) is 6. The lowest BCUT2D eigenvalue weighted by Gasteiger charge is -2.05. The highest BCUT2D eigenvalue weighted by atomic mass is 16.5. The number of fused-ring (bicyclic) bond motifs is 1. The summed E-state index contributed by atoms with van der Waals surface area (Å²) in [5.41, 5.74) is 4.64. The van der Waals surface area contributed by atoms with Gasteiger partial charge in [-0.3, -0.25) is 4.57 Å². The van der Waals surface area contributed by atoms with Crippen molar-refractivity contribution in [2.75, 3.05) is 7.11 Å². The predicted octanol–water partition coefficient (Wildman–Crippen LogP) is 4.21. The topological polar surface area (TPSA) is 116 Å². The molecular formula is C22H18N6O2. The van der Waals surface area contributed by atoms with Crippen molar-refractivity contribution in [1.29, 1.82) is 10.5 Å².